The third-order valence-electron chi connectivity index (χ3n) is 3.87. The summed E-state index contributed by atoms with van der Waals surface area (Å²) in [6.07, 6.45) is 2.59. The fourth-order valence-corrected chi connectivity index (χ4v) is 2.57. The van der Waals surface area contributed by atoms with Gasteiger partial charge in [-0.1, -0.05) is 30.3 Å². The van der Waals surface area contributed by atoms with Crippen LogP contribution in [0.4, 0.5) is 10.1 Å². The largest absolute Gasteiger partial charge is 0.370 e. The summed E-state index contributed by atoms with van der Waals surface area (Å²) >= 11 is 0. The van der Waals surface area contributed by atoms with E-state index in [1.807, 2.05) is 6.07 Å². The first-order valence-corrected chi connectivity index (χ1v) is 7.49. The monoisotopic (exact) mass is 284 g/mol. The standard InChI is InChI=1S/C18H21FN2/c1-21(13-14-5-4-7-16(19)11-14)18-8-3-2-6-15(18)12-20-17-9-10-17/h2-8,11,17,20H,9-10,12-13H2,1H3. The van der Waals surface area contributed by atoms with Crippen LogP contribution >= 0.6 is 0 Å². The van der Waals surface area contributed by atoms with Crippen molar-refractivity contribution in [3.63, 3.8) is 0 Å². The van der Waals surface area contributed by atoms with Crippen LogP contribution in [0.2, 0.25) is 0 Å². The van der Waals surface area contributed by atoms with E-state index in [1.165, 1.54) is 30.2 Å². The minimum atomic E-state index is -0.176. The van der Waals surface area contributed by atoms with Crippen molar-refractivity contribution in [1.29, 1.82) is 0 Å². The fourth-order valence-electron chi connectivity index (χ4n) is 2.57. The molecule has 1 saturated carbocycles. The van der Waals surface area contributed by atoms with Gasteiger partial charge in [0.05, 0.1) is 0 Å². The summed E-state index contributed by atoms with van der Waals surface area (Å²) in [6, 6.07) is 15.9. The summed E-state index contributed by atoms with van der Waals surface area (Å²) in [5, 5.41) is 3.55. The maximum absolute atomic E-state index is 13.3. The molecule has 0 saturated heterocycles. The zero-order chi connectivity index (χ0) is 14.7. The molecular formula is C18H21FN2. The van der Waals surface area contributed by atoms with Gasteiger partial charge in [0.25, 0.3) is 0 Å². The van der Waals surface area contributed by atoms with Crippen molar-refractivity contribution in [2.75, 3.05) is 11.9 Å². The Bertz CT molecular complexity index is 608. The van der Waals surface area contributed by atoms with E-state index >= 15 is 0 Å². The van der Waals surface area contributed by atoms with E-state index in [1.54, 1.807) is 12.1 Å². The average Bonchev–Trinajstić information content (AvgIpc) is 3.29. The van der Waals surface area contributed by atoms with Gasteiger partial charge in [-0.15, -0.1) is 0 Å². The summed E-state index contributed by atoms with van der Waals surface area (Å²) in [6.45, 7) is 1.60. The topological polar surface area (TPSA) is 15.3 Å². The predicted molar refractivity (Wildman–Crippen MR) is 84.8 cm³/mol. The molecule has 0 bridgehead atoms. The van der Waals surface area contributed by atoms with Gasteiger partial charge in [0.1, 0.15) is 5.82 Å². The first kappa shape index (κ1) is 14.1. The highest BCUT2D eigenvalue weighted by Gasteiger charge is 2.20. The van der Waals surface area contributed by atoms with Crippen LogP contribution in [-0.2, 0) is 13.1 Å². The molecule has 0 amide bonds. The lowest BCUT2D eigenvalue weighted by Crippen LogP contribution is -2.21. The molecule has 2 nitrogen and oxygen atoms in total. The number of nitrogens with zero attached hydrogens (tertiary/aromatic N) is 1. The highest BCUT2D eigenvalue weighted by atomic mass is 19.1. The molecule has 2 aromatic carbocycles. The maximum Gasteiger partial charge on any atom is 0.123 e. The molecule has 0 heterocycles. The molecule has 1 fully saturated rings. The first-order valence-electron chi connectivity index (χ1n) is 7.49. The lowest BCUT2D eigenvalue weighted by atomic mass is 10.1. The molecule has 0 spiro atoms. The van der Waals surface area contributed by atoms with E-state index < -0.39 is 0 Å². The van der Waals surface area contributed by atoms with Crippen molar-refractivity contribution in [3.8, 4) is 0 Å². The number of nitrogens with one attached hydrogen (secondary N) is 1. The molecule has 0 radical (unpaired) electrons. The van der Waals surface area contributed by atoms with E-state index in [-0.39, 0.29) is 5.82 Å². The van der Waals surface area contributed by atoms with Crippen molar-refractivity contribution >= 4 is 5.69 Å². The summed E-state index contributed by atoms with van der Waals surface area (Å²) < 4.78 is 13.3. The molecule has 110 valence electrons. The van der Waals surface area contributed by atoms with Crippen LogP contribution in [0.1, 0.15) is 24.0 Å². The second-order valence-corrected chi connectivity index (χ2v) is 5.77. The first-order chi connectivity index (χ1) is 10.2. The predicted octanol–water partition coefficient (Wildman–Crippen LogP) is 3.71. The minimum Gasteiger partial charge on any atom is -0.370 e. The maximum atomic E-state index is 13.3. The van der Waals surface area contributed by atoms with Gasteiger partial charge >= 0.3 is 0 Å². The van der Waals surface area contributed by atoms with Crippen LogP contribution in [0.5, 0.6) is 0 Å². The number of anilines is 1. The van der Waals surface area contributed by atoms with E-state index in [0.29, 0.717) is 12.6 Å². The Morgan fingerprint density at radius 1 is 1.14 bits per heavy atom. The van der Waals surface area contributed by atoms with Crippen LogP contribution in [0.25, 0.3) is 0 Å². The molecular weight excluding hydrogens is 263 g/mol. The van der Waals surface area contributed by atoms with E-state index in [2.05, 4.69) is 41.5 Å². The number of hydrogen-bond donors (Lipinski definition) is 1. The van der Waals surface area contributed by atoms with Gasteiger partial charge in [0, 0.05) is 31.9 Å². The third kappa shape index (κ3) is 3.82. The number of benzene rings is 2. The smallest absolute Gasteiger partial charge is 0.123 e. The van der Waals surface area contributed by atoms with Gasteiger partial charge in [-0.25, -0.2) is 4.39 Å². The molecule has 1 aliphatic rings. The van der Waals surface area contributed by atoms with Crippen molar-refractivity contribution in [2.45, 2.75) is 32.0 Å². The molecule has 21 heavy (non-hydrogen) atoms. The molecule has 0 atom stereocenters. The average molecular weight is 284 g/mol. The van der Waals surface area contributed by atoms with Crippen LogP contribution in [0, 0.1) is 5.82 Å². The fraction of sp³-hybridized carbons (Fsp3) is 0.333. The molecule has 0 aromatic heterocycles. The molecule has 3 heteroatoms. The molecule has 3 rings (SSSR count). The lowest BCUT2D eigenvalue weighted by molar-refractivity contribution is 0.625. The summed E-state index contributed by atoms with van der Waals surface area (Å²) in [5.74, 6) is -0.176. The van der Waals surface area contributed by atoms with Crippen molar-refractivity contribution in [1.82, 2.24) is 5.32 Å². The second-order valence-electron chi connectivity index (χ2n) is 5.77. The van der Waals surface area contributed by atoms with Gasteiger partial charge in [-0.2, -0.15) is 0 Å². The number of hydrogen-bond acceptors (Lipinski definition) is 2. The number of para-hydroxylation sites is 1. The minimum absolute atomic E-state index is 0.176. The van der Waals surface area contributed by atoms with Crippen LogP contribution in [-0.4, -0.2) is 13.1 Å². The van der Waals surface area contributed by atoms with Crippen LogP contribution in [0.15, 0.2) is 48.5 Å². The normalized spacial score (nSPS) is 14.2. The van der Waals surface area contributed by atoms with Crippen LogP contribution in [0.3, 0.4) is 0 Å². The SMILES string of the molecule is CN(Cc1cccc(F)c1)c1ccccc1CNC1CC1. The molecule has 1 N–H and O–H groups in total. The van der Waals surface area contributed by atoms with Crippen molar-refractivity contribution in [2.24, 2.45) is 0 Å². The Kier molecular flexibility index (Phi) is 4.20. The van der Waals surface area contributed by atoms with Gasteiger partial charge in [-0.05, 0) is 42.2 Å². The van der Waals surface area contributed by atoms with Crippen molar-refractivity contribution in [3.05, 3.63) is 65.5 Å². The Hall–Kier alpha value is -1.87. The summed E-state index contributed by atoms with van der Waals surface area (Å²) in [4.78, 5) is 2.18. The Balaban J connectivity index is 1.72. The second kappa shape index (κ2) is 6.27. The zero-order valence-corrected chi connectivity index (χ0v) is 12.3. The summed E-state index contributed by atoms with van der Waals surface area (Å²) in [7, 11) is 2.06. The van der Waals surface area contributed by atoms with Gasteiger partial charge in [0.15, 0.2) is 0 Å². The van der Waals surface area contributed by atoms with E-state index in [4.69, 9.17) is 0 Å². The zero-order valence-electron chi connectivity index (χ0n) is 12.3. The van der Waals surface area contributed by atoms with E-state index in [0.717, 1.165) is 12.1 Å². The Labute approximate surface area is 125 Å². The third-order valence-corrected chi connectivity index (χ3v) is 3.87. The Morgan fingerprint density at radius 3 is 2.71 bits per heavy atom. The molecule has 2 aromatic rings. The molecule has 0 aliphatic heterocycles. The Morgan fingerprint density at radius 2 is 1.95 bits per heavy atom. The van der Waals surface area contributed by atoms with Crippen molar-refractivity contribution < 1.29 is 4.39 Å². The number of halogens is 1. The van der Waals surface area contributed by atoms with Gasteiger partial charge < -0.3 is 10.2 Å². The lowest BCUT2D eigenvalue weighted by Gasteiger charge is -2.23. The van der Waals surface area contributed by atoms with Crippen LogP contribution < -0.4 is 10.2 Å². The van der Waals surface area contributed by atoms with Gasteiger partial charge in [-0.3, -0.25) is 0 Å². The molecule has 0 unspecified atom stereocenters. The number of rotatable bonds is 6. The summed E-state index contributed by atoms with van der Waals surface area (Å²) in [5.41, 5.74) is 3.49. The van der Waals surface area contributed by atoms with E-state index in [9.17, 15) is 4.39 Å². The molecule has 1 aliphatic carbocycles. The highest BCUT2D eigenvalue weighted by Crippen LogP contribution is 2.24. The highest BCUT2D eigenvalue weighted by molar-refractivity contribution is 5.53. The van der Waals surface area contributed by atoms with Gasteiger partial charge in [0.2, 0.25) is 0 Å². The quantitative estimate of drug-likeness (QED) is 0.870.